The van der Waals surface area contributed by atoms with E-state index < -0.39 is 21.8 Å². The second-order valence-electron chi connectivity index (χ2n) is 4.95. The zero-order valence-corrected chi connectivity index (χ0v) is 15.0. The molecule has 0 atom stereocenters. The highest BCUT2D eigenvalue weighted by molar-refractivity contribution is 7.89. The maximum atomic E-state index is 13.1. The van der Waals surface area contributed by atoms with E-state index in [9.17, 15) is 17.6 Å². The molecule has 0 saturated heterocycles. The van der Waals surface area contributed by atoms with Gasteiger partial charge in [-0.3, -0.25) is 4.84 Å². The fourth-order valence-corrected chi connectivity index (χ4v) is 3.12. The van der Waals surface area contributed by atoms with Crippen LogP contribution < -0.4 is 0 Å². The van der Waals surface area contributed by atoms with E-state index in [-0.39, 0.29) is 22.1 Å². The summed E-state index contributed by atoms with van der Waals surface area (Å²) >= 11 is 5.96. The van der Waals surface area contributed by atoms with Gasteiger partial charge in [0.25, 0.3) is 10.0 Å². The summed E-state index contributed by atoms with van der Waals surface area (Å²) < 4.78 is 43.3. The summed E-state index contributed by atoms with van der Waals surface area (Å²) in [6, 6.07) is 9.19. The van der Waals surface area contributed by atoms with Crippen LogP contribution in [-0.2, 0) is 26.2 Å². The highest BCUT2D eigenvalue weighted by atomic mass is 35.5. The number of carbonyl (C=O) groups is 1. The van der Waals surface area contributed by atoms with Crippen molar-refractivity contribution in [1.82, 2.24) is 4.47 Å². The number of benzene rings is 2. The molecule has 25 heavy (non-hydrogen) atoms. The lowest BCUT2D eigenvalue weighted by atomic mass is 10.2. The Morgan fingerprint density at radius 2 is 1.96 bits per heavy atom. The maximum Gasteiger partial charge on any atom is 0.340 e. The molecule has 0 aliphatic carbocycles. The van der Waals surface area contributed by atoms with Crippen molar-refractivity contribution in [2.45, 2.75) is 11.5 Å². The molecule has 2 rings (SSSR count). The van der Waals surface area contributed by atoms with Gasteiger partial charge in [0.2, 0.25) is 0 Å². The molecule has 0 heterocycles. The molecular formula is C16H15ClFNO5S. The topological polar surface area (TPSA) is 72.9 Å². The minimum atomic E-state index is -3.94. The third-order valence-corrected chi connectivity index (χ3v) is 5.32. The van der Waals surface area contributed by atoms with Crippen LogP contribution in [0.1, 0.15) is 15.9 Å². The SMILES string of the molecule is CON(C)S(=O)(=O)c1ccc(Cl)c(C(=O)OCc2cccc(F)c2)c1. The average molecular weight is 388 g/mol. The molecular weight excluding hydrogens is 373 g/mol. The summed E-state index contributed by atoms with van der Waals surface area (Å²) in [6.07, 6.45) is 0. The number of halogens is 2. The second kappa shape index (κ2) is 7.92. The van der Waals surface area contributed by atoms with Crippen molar-refractivity contribution < 1.29 is 27.2 Å². The summed E-state index contributed by atoms with van der Waals surface area (Å²) in [6.45, 7) is -0.179. The minimum Gasteiger partial charge on any atom is -0.457 e. The Kier molecular flexibility index (Phi) is 6.12. The highest BCUT2D eigenvalue weighted by Gasteiger charge is 2.23. The number of rotatable bonds is 6. The first-order valence-electron chi connectivity index (χ1n) is 7.00. The van der Waals surface area contributed by atoms with Crippen LogP contribution in [0.25, 0.3) is 0 Å². The van der Waals surface area contributed by atoms with Crippen LogP contribution in [0.3, 0.4) is 0 Å². The van der Waals surface area contributed by atoms with Crippen LogP contribution in [0.2, 0.25) is 5.02 Å². The first kappa shape index (κ1) is 19.3. The number of esters is 1. The summed E-state index contributed by atoms with van der Waals surface area (Å²) in [5, 5.41) is 0.0308. The van der Waals surface area contributed by atoms with Crippen molar-refractivity contribution in [3.05, 3.63) is 64.4 Å². The predicted octanol–water partition coefficient (Wildman–Crippen LogP) is 3.02. The zero-order valence-electron chi connectivity index (χ0n) is 13.4. The molecule has 6 nitrogen and oxygen atoms in total. The summed E-state index contributed by atoms with van der Waals surface area (Å²) in [5.41, 5.74) is 0.330. The van der Waals surface area contributed by atoms with Gasteiger partial charge in [0.1, 0.15) is 12.4 Å². The average Bonchev–Trinajstić information content (AvgIpc) is 2.59. The number of sulfonamides is 1. The minimum absolute atomic E-state index is 0.0308. The molecule has 0 fully saturated rings. The van der Waals surface area contributed by atoms with E-state index in [1.165, 1.54) is 44.5 Å². The van der Waals surface area contributed by atoms with Crippen LogP contribution in [0, 0.1) is 5.82 Å². The normalized spacial score (nSPS) is 11.6. The molecule has 0 saturated carbocycles. The highest BCUT2D eigenvalue weighted by Crippen LogP contribution is 2.23. The van der Waals surface area contributed by atoms with Crippen LogP contribution in [0.5, 0.6) is 0 Å². The lowest BCUT2D eigenvalue weighted by Gasteiger charge is -2.15. The lowest BCUT2D eigenvalue weighted by molar-refractivity contribution is -0.0258. The molecule has 0 N–H and O–H groups in total. The number of hydrogen-bond donors (Lipinski definition) is 0. The summed E-state index contributed by atoms with van der Waals surface area (Å²) in [7, 11) is -1.53. The van der Waals surface area contributed by atoms with E-state index in [1.807, 2.05) is 0 Å². The van der Waals surface area contributed by atoms with Crippen LogP contribution in [-0.4, -0.2) is 33.0 Å². The first-order chi connectivity index (χ1) is 11.8. The Morgan fingerprint density at radius 3 is 2.60 bits per heavy atom. The van der Waals surface area contributed by atoms with Gasteiger partial charge in [0.15, 0.2) is 0 Å². The Bertz CT molecular complexity index is 888. The van der Waals surface area contributed by atoms with Crippen molar-refractivity contribution in [3.63, 3.8) is 0 Å². The quantitative estimate of drug-likeness (QED) is 0.562. The first-order valence-corrected chi connectivity index (χ1v) is 8.81. The molecule has 0 bridgehead atoms. The molecule has 9 heteroatoms. The molecule has 0 aliphatic rings. The molecule has 0 spiro atoms. The van der Waals surface area contributed by atoms with E-state index in [2.05, 4.69) is 4.84 Å². The number of nitrogens with zero attached hydrogens (tertiary/aromatic N) is 1. The van der Waals surface area contributed by atoms with Crippen LogP contribution in [0.4, 0.5) is 4.39 Å². The van der Waals surface area contributed by atoms with Crippen molar-refractivity contribution in [2.24, 2.45) is 0 Å². The van der Waals surface area contributed by atoms with E-state index >= 15 is 0 Å². The standard InChI is InChI=1S/C16H15ClFNO5S/c1-19(23-2)25(21,22)13-6-7-15(17)14(9-13)16(20)24-10-11-4-3-5-12(18)8-11/h3-9H,10H2,1-2H3. The molecule has 0 aliphatic heterocycles. The van der Waals surface area contributed by atoms with Crippen LogP contribution >= 0.6 is 11.6 Å². The number of carbonyl (C=O) groups excluding carboxylic acids is 1. The van der Waals surface area contributed by atoms with E-state index in [0.29, 0.717) is 10.0 Å². The zero-order chi connectivity index (χ0) is 18.6. The maximum absolute atomic E-state index is 13.1. The third-order valence-electron chi connectivity index (χ3n) is 3.31. The Labute approximate surface area is 149 Å². The van der Waals surface area contributed by atoms with Crippen molar-refractivity contribution in [1.29, 1.82) is 0 Å². The van der Waals surface area contributed by atoms with Gasteiger partial charge in [-0.15, -0.1) is 0 Å². The molecule has 0 radical (unpaired) electrons. The van der Waals surface area contributed by atoms with Gasteiger partial charge >= 0.3 is 5.97 Å². The van der Waals surface area contributed by atoms with Gasteiger partial charge in [-0.05, 0) is 35.9 Å². The van der Waals surface area contributed by atoms with E-state index in [1.54, 1.807) is 6.07 Å². The van der Waals surface area contributed by atoms with Gasteiger partial charge in [0.05, 0.1) is 22.6 Å². The van der Waals surface area contributed by atoms with Gasteiger partial charge < -0.3 is 4.74 Å². The number of ether oxygens (including phenoxy) is 1. The lowest BCUT2D eigenvalue weighted by Crippen LogP contribution is -2.26. The molecule has 2 aromatic rings. The third kappa shape index (κ3) is 4.55. The fourth-order valence-electron chi connectivity index (χ4n) is 1.92. The molecule has 134 valence electrons. The van der Waals surface area contributed by atoms with Gasteiger partial charge in [-0.25, -0.2) is 17.6 Å². The Balaban J connectivity index is 2.23. The summed E-state index contributed by atoms with van der Waals surface area (Å²) in [5.74, 6) is -1.28. The predicted molar refractivity (Wildman–Crippen MR) is 88.9 cm³/mol. The van der Waals surface area contributed by atoms with Crippen molar-refractivity contribution >= 4 is 27.6 Å². The van der Waals surface area contributed by atoms with Crippen molar-refractivity contribution in [2.75, 3.05) is 14.2 Å². The van der Waals surface area contributed by atoms with Gasteiger partial charge in [0, 0.05) is 7.05 Å². The fraction of sp³-hybridized carbons (Fsp3) is 0.188. The monoisotopic (exact) mass is 387 g/mol. The number of hydroxylamine groups is 1. The smallest absolute Gasteiger partial charge is 0.340 e. The molecule has 0 amide bonds. The largest absolute Gasteiger partial charge is 0.457 e. The van der Waals surface area contributed by atoms with E-state index in [0.717, 1.165) is 6.07 Å². The van der Waals surface area contributed by atoms with Gasteiger partial charge in [-0.1, -0.05) is 28.2 Å². The Hall–Kier alpha value is -2.00. The summed E-state index contributed by atoms with van der Waals surface area (Å²) in [4.78, 5) is 16.7. The number of hydrogen-bond acceptors (Lipinski definition) is 5. The van der Waals surface area contributed by atoms with Crippen LogP contribution in [0.15, 0.2) is 47.4 Å². The van der Waals surface area contributed by atoms with Gasteiger partial charge in [-0.2, -0.15) is 0 Å². The van der Waals surface area contributed by atoms with Crippen molar-refractivity contribution in [3.8, 4) is 0 Å². The Morgan fingerprint density at radius 1 is 1.24 bits per heavy atom. The molecule has 2 aromatic carbocycles. The van der Waals surface area contributed by atoms with E-state index in [4.69, 9.17) is 16.3 Å². The second-order valence-corrected chi connectivity index (χ2v) is 7.29. The molecule has 0 aromatic heterocycles. The molecule has 0 unspecified atom stereocenters.